The first kappa shape index (κ1) is 19.6. The lowest BCUT2D eigenvalue weighted by atomic mass is 10.2. The number of ether oxygens (including phenoxy) is 1. The molecule has 1 aliphatic heterocycles. The molecular weight excluding hydrogens is 419 g/mol. The van der Waals surface area contributed by atoms with E-state index in [4.69, 9.17) is 39.5 Å². The molecule has 3 rings (SSSR count). The van der Waals surface area contributed by atoms with Crippen molar-refractivity contribution in [1.82, 2.24) is 4.31 Å². The van der Waals surface area contributed by atoms with Crippen LogP contribution in [0, 0.1) is 0 Å². The summed E-state index contributed by atoms with van der Waals surface area (Å²) in [6, 6.07) is 9.83. The molecule has 0 saturated carbocycles. The van der Waals surface area contributed by atoms with Gasteiger partial charge in [0.15, 0.2) is 0 Å². The number of rotatable bonds is 4. The van der Waals surface area contributed by atoms with Crippen molar-refractivity contribution in [3.05, 3.63) is 51.5 Å². The lowest BCUT2D eigenvalue weighted by molar-refractivity contribution is 0.383. The minimum absolute atomic E-state index is 0.0488. The number of hydrogen-bond acceptors (Lipinski definition) is 4. The SMILES string of the molecule is COc1ccc(Cl)c(S(=O)(=O)N2CCN(c3cc(Cl)ccc3Cl)CC2)c1. The van der Waals surface area contributed by atoms with Crippen molar-refractivity contribution in [2.75, 3.05) is 38.2 Å². The van der Waals surface area contributed by atoms with Gasteiger partial charge in [-0.2, -0.15) is 4.31 Å². The lowest BCUT2D eigenvalue weighted by Crippen LogP contribution is -2.48. The van der Waals surface area contributed by atoms with Crippen molar-refractivity contribution in [2.45, 2.75) is 4.90 Å². The minimum Gasteiger partial charge on any atom is -0.497 e. The van der Waals surface area contributed by atoms with Crippen LogP contribution in [0.2, 0.25) is 15.1 Å². The smallest absolute Gasteiger partial charge is 0.244 e. The summed E-state index contributed by atoms with van der Waals surface area (Å²) in [6.07, 6.45) is 0. The number of piperazine rings is 1. The number of sulfonamides is 1. The summed E-state index contributed by atoms with van der Waals surface area (Å²) >= 11 is 18.4. The molecule has 0 amide bonds. The molecule has 1 aliphatic rings. The van der Waals surface area contributed by atoms with Crippen LogP contribution in [0.5, 0.6) is 5.75 Å². The fourth-order valence-corrected chi connectivity index (χ4v) is 5.16. The first-order valence-corrected chi connectivity index (χ1v) is 10.4. The molecule has 0 aliphatic carbocycles. The summed E-state index contributed by atoms with van der Waals surface area (Å²) in [5.74, 6) is 0.442. The molecule has 2 aromatic rings. The van der Waals surface area contributed by atoms with Crippen molar-refractivity contribution < 1.29 is 13.2 Å². The minimum atomic E-state index is -3.71. The summed E-state index contributed by atoms with van der Waals surface area (Å²) in [4.78, 5) is 2.07. The van der Waals surface area contributed by atoms with E-state index in [0.29, 0.717) is 42.0 Å². The van der Waals surface area contributed by atoms with Gasteiger partial charge in [0.25, 0.3) is 0 Å². The second-order valence-electron chi connectivity index (χ2n) is 5.78. The molecule has 0 spiro atoms. The second-order valence-corrected chi connectivity index (χ2v) is 8.94. The maximum atomic E-state index is 13.0. The van der Waals surface area contributed by atoms with E-state index in [9.17, 15) is 8.42 Å². The molecule has 5 nitrogen and oxygen atoms in total. The zero-order valence-corrected chi connectivity index (χ0v) is 17.0. The fourth-order valence-electron chi connectivity index (χ4n) is 2.84. The summed E-state index contributed by atoms with van der Waals surface area (Å²) < 4.78 is 32.5. The number of benzene rings is 2. The van der Waals surface area contributed by atoms with E-state index in [-0.39, 0.29) is 9.92 Å². The predicted octanol–water partition coefficient (Wildman–Crippen LogP) is 4.17. The van der Waals surface area contributed by atoms with E-state index >= 15 is 0 Å². The number of nitrogens with zero attached hydrogens (tertiary/aromatic N) is 2. The molecule has 0 N–H and O–H groups in total. The molecular formula is C17H17Cl3N2O3S. The van der Waals surface area contributed by atoms with Crippen LogP contribution in [-0.2, 0) is 10.0 Å². The van der Waals surface area contributed by atoms with Gasteiger partial charge in [0.2, 0.25) is 10.0 Å². The van der Waals surface area contributed by atoms with Crippen molar-refractivity contribution in [3.8, 4) is 5.75 Å². The molecule has 140 valence electrons. The Morgan fingerprint density at radius 3 is 2.23 bits per heavy atom. The van der Waals surface area contributed by atoms with Gasteiger partial charge in [-0.1, -0.05) is 34.8 Å². The van der Waals surface area contributed by atoms with Crippen LogP contribution in [0.25, 0.3) is 0 Å². The molecule has 1 saturated heterocycles. The van der Waals surface area contributed by atoms with Crippen molar-refractivity contribution >= 4 is 50.5 Å². The van der Waals surface area contributed by atoms with Gasteiger partial charge in [0.1, 0.15) is 10.6 Å². The summed E-state index contributed by atoms with van der Waals surface area (Å²) in [5, 5.41) is 1.34. The van der Waals surface area contributed by atoms with Gasteiger partial charge in [-0.3, -0.25) is 0 Å². The first-order chi connectivity index (χ1) is 12.3. The molecule has 1 heterocycles. The van der Waals surface area contributed by atoms with Crippen molar-refractivity contribution in [2.24, 2.45) is 0 Å². The zero-order valence-electron chi connectivity index (χ0n) is 14.0. The van der Waals surface area contributed by atoms with E-state index in [1.54, 1.807) is 24.3 Å². The van der Waals surface area contributed by atoms with Crippen LogP contribution in [0.4, 0.5) is 5.69 Å². The highest BCUT2D eigenvalue weighted by molar-refractivity contribution is 7.89. The first-order valence-electron chi connectivity index (χ1n) is 7.86. The second kappa shape index (κ2) is 7.82. The maximum Gasteiger partial charge on any atom is 0.244 e. The summed E-state index contributed by atoms with van der Waals surface area (Å²) in [6.45, 7) is 1.64. The van der Waals surface area contributed by atoms with E-state index < -0.39 is 10.0 Å². The quantitative estimate of drug-likeness (QED) is 0.723. The number of hydrogen-bond donors (Lipinski definition) is 0. The highest BCUT2D eigenvalue weighted by Gasteiger charge is 2.31. The molecule has 2 aromatic carbocycles. The molecule has 26 heavy (non-hydrogen) atoms. The van der Waals surface area contributed by atoms with Gasteiger partial charge in [-0.15, -0.1) is 0 Å². The van der Waals surface area contributed by atoms with Crippen LogP contribution in [-0.4, -0.2) is 46.0 Å². The van der Waals surface area contributed by atoms with Crippen LogP contribution in [0.15, 0.2) is 41.3 Å². The van der Waals surface area contributed by atoms with E-state index in [0.717, 1.165) is 5.69 Å². The number of methoxy groups -OCH3 is 1. The van der Waals surface area contributed by atoms with Gasteiger partial charge in [0, 0.05) is 37.3 Å². The molecule has 0 unspecified atom stereocenters. The molecule has 0 atom stereocenters. The standard InChI is InChI=1S/C17H17Cl3N2O3S/c1-25-13-3-5-15(20)17(11-13)26(23,24)22-8-6-21(7-9-22)16-10-12(18)2-4-14(16)19/h2-5,10-11H,6-9H2,1H3. The Morgan fingerprint density at radius 1 is 0.923 bits per heavy atom. The fraction of sp³-hybridized carbons (Fsp3) is 0.294. The summed E-state index contributed by atoms with van der Waals surface area (Å²) in [7, 11) is -2.23. The third-order valence-corrected chi connectivity index (χ3v) is 7.18. The van der Waals surface area contributed by atoms with E-state index in [2.05, 4.69) is 0 Å². The van der Waals surface area contributed by atoms with Crippen LogP contribution in [0.3, 0.4) is 0 Å². The third kappa shape index (κ3) is 3.89. The average Bonchev–Trinajstić information content (AvgIpc) is 2.64. The molecule has 0 bridgehead atoms. The van der Waals surface area contributed by atoms with Crippen LogP contribution in [0.1, 0.15) is 0 Å². The Hall–Kier alpha value is -1.18. The van der Waals surface area contributed by atoms with Crippen molar-refractivity contribution in [3.63, 3.8) is 0 Å². The highest BCUT2D eigenvalue weighted by Crippen LogP contribution is 2.32. The van der Waals surface area contributed by atoms with Crippen LogP contribution < -0.4 is 9.64 Å². The topological polar surface area (TPSA) is 49.9 Å². The van der Waals surface area contributed by atoms with Crippen LogP contribution >= 0.6 is 34.8 Å². The average molecular weight is 436 g/mol. The van der Waals surface area contributed by atoms with Crippen molar-refractivity contribution in [1.29, 1.82) is 0 Å². The normalized spacial score (nSPS) is 15.9. The van der Waals surface area contributed by atoms with Gasteiger partial charge in [0.05, 0.1) is 22.8 Å². The monoisotopic (exact) mass is 434 g/mol. The van der Waals surface area contributed by atoms with Gasteiger partial charge in [-0.25, -0.2) is 8.42 Å². The van der Waals surface area contributed by atoms with Gasteiger partial charge < -0.3 is 9.64 Å². The Labute approximate surface area is 168 Å². The Balaban J connectivity index is 1.80. The largest absolute Gasteiger partial charge is 0.497 e. The molecule has 0 radical (unpaired) electrons. The Bertz CT molecular complexity index is 913. The molecule has 1 fully saturated rings. The van der Waals surface area contributed by atoms with Gasteiger partial charge in [-0.05, 0) is 30.3 Å². The van der Waals surface area contributed by atoms with E-state index in [1.165, 1.54) is 23.5 Å². The maximum absolute atomic E-state index is 13.0. The Morgan fingerprint density at radius 2 is 1.58 bits per heavy atom. The highest BCUT2D eigenvalue weighted by atomic mass is 35.5. The van der Waals surface area contributed by atoms with Gasteiger partial charge >= 0.3 is 0 Å². The molecule has 9 heteroatoms. The third-order valence-electron chi connectivity index (χ3n) is 4.24. The van der Waals surface area contributed by atoms with E-state index in [1.807, 2.05) is 4.90 Å². The number of anilines is 1. The predicted molar refractivity (Wildman–Crippen MR) is 105 cm³/mol. The lowest BCUT2D eigenvalue weighted by Gasteiger charge is -2.36. The molecule has 0 aromatic heterocycles. The Kier molecular flexibility index (Phi) is 5.89. The summed E-state index contributed by atoms with van der Waals surface area (Å²) in [5.41, 5.74) is 0.802. The number of halogens is 3. The zero-order chi connectivity index (χ0) is 18.9.